The summed E-state index contributed by atoms with van der Waals surface area (Å²) in [7, 11) is 0. The molecule has 0 aliphatic heterocycles. The molecule has 0 radical (unpaired) electrons. The molecular weight excluding hydrogens is 78.1 g/mol. The Bertz CT molecular complexity index is 74.1. The van der Waals surface area contributed by atoms with Crippen molar-refractivity contribution in [1.29, 1.82) is 5.41 Å². The van der Waals surface area contributed by atoms with Crippen LogP contribution in [0.4, 0.5) is 0 Å². The van der Waals surface area contributed by atoms with Crippen molar-refractivity contribution in [1.82, 2.24) is 0 Å². The van der Waals surface area contributed by atoms with Gasteiger partial charge in [0.05, 0.1) is 6.34 Å². The lowest BCUT2D eigenvalue weighted by molar-refractivity contribution is 1.41. The summed E-state index contributed by atoms with van der Waals surface area (Å²) in [5.41, 5.74) is 4.80. The molecule has 0 atom stereocenters. The number of rotatable bonds is 0. The SMILES string of the molecule is CC(=N)/N=C\N. The van der Waals surface area contributed by atoms with Crippen molar-refractivity contribution >= 4 is 12.2 Å². The highest BCUT2D eigenvalue weighted by atomic mass is 14.8. The third-order valence-corrected chi connectivity index (χ3v) is 0.268. The van der Waals surface area contributed by atoms with Crippen LogP contribution in [0.3, 0.4) is 0 Å². The maximum absolute atomic E-state index is 6.62. The van der Waals surface area contributed by atoms with E-state index >= 15 is 0 Å². The average molecular weight is 85.1 g/mol. The fourth-order valence-electron chi connectivity index (χ4n) is 0.112. The lowest BCUT2D eigenvalue weighted by Crippen LogP contribution is -1.91. The van der Waals surface area contributed by atoms with Crippen molar-refractivity contribution in [2.45, 2.75) is 6.92 Å². The maximum atomic E-state index is 6.62. The van der Waals surface area contributed by atoms with Gasteiger partial charge in [0.25, 0.3) is 0 Å². The summed E-state index contributed by atoms with van der Waals surface area (Å²) in [6, 6.07) is 0. The second-order valence-corrected chi connectivity index (χ2v) is 0.864. The third kappa shape index (κ3) is 3.14. The molecule has 0 unspecified atom stereocenters. The van der Waals surface area contributed by atoms with Crippen LogP contribution in [0.2, 0.25) is 0 Å². The Labute approximate surface area is 36.4 Å². The predicted molar refractivity (Wildman–Crippen MR) is 26.1 cm³/mol. The minimum Gasteiger partial charge on any atom is -0.390 e. The number of hydrogen-bond donors (Lipinski definition) is 2. The van der Waals surface area contributed by atoms with Crippen LogP contribution in [-0.4, -0.2) is 12.2 Å². The van der Waals surface area contributed by atoms with Crippen molar-refractivity contribution in [3.05, 3.63) is 0 Å². The van der Waals surface area contributed by atoms with Gasteiger partial charge in [0.2, 0.25) is 0 Å². The summed E-state index contributed by atoms with van der Waals surface area (Å²) in [6.45, 7) is 1.56. The van der Waals surface area contributed by atoms with Crippen LogP contribution < -0.4 is 5.73 Å². The lowest BCUT2D eigenvalue weighted by Gasteiger charge is -1.74. The molecule has 0 aromatic heterocycles. The predicted octanol–water partition coefficient (Wildman–Crippen LogP) is -0.0294. The van der Waals surface area contributed by atoms with Crippen LogP contribution >= 0.6 is 0 Å². The molecule has 0 bridgehead atoms. The minimum atomic E-state index is 0.234. The van der Waals surface area contributed by atoms with Crippen LogP contribution in [0.15, 0.2) is 4.99 Å². The Hall–Kier alpha value is -0.860. The summed E-state index contributed by atoms with van der Waals surface area (Å²) >= 11 is 0. The Morgan fingerprint density at radius 3 is 2.50 bits per heavy atom. The van der Waals surface area contributed by atoms with Gasteiger partial charge in [-0.1, -0.05) is 0 Å². The van der Waals surface area contributed by atoms with Gasteiger partial charge >= 0.3 is 0 Å². The zero-order valence-electron chi connectivity index (χ0n) is 3.60. The molecule has 0 fully saturated rings. The number of hydrogen-bond acceptors (Lipinski definition) is 1. The number of nitrogens with zero attached hydrogens (tertiary/aromatic N) is 1. The second kappa shape index (κ2) is 2.38. The number of amidine groups is 1. The van der Waals surface area contributed by atoms with Crippen molar-refractivity contribution in [3.8, 4) is 0 Å². The van der Waals surface area contributed by atoms with Gasteiger partial charge in [0, 0.05) is 0 Å². The zero-order valence-corrected chi connectivity index (χ0v) is 3.60. The van der Waals surface area contributed by atoms with Crippen LogP contribution in [0.1, 0.15) is 6.92 Å². The molecule has 0 saturated carbocycles. The number of aliphatic imine (C=N–C) groups is 1. The van der Waals surface area contributed by atoms with Crippen LogP contribution in [-0.2, 0) is 0 Å². The van der Waals surface area contributed by atoms with E-state index in [1.807, 2.05) is 0 Å². The fourth-order valence-corrected chi connectivity index (χ4v) is 0.112. The standard InChI is InChI=1S/C3H7N3/c1-3(5)6-2-4/h2H,1H3,(H3,4,5,6). The molecule has 0 amide bonds. The first kappa shape index (κ1) is 5.14. The Morgan fingerprint density at radius 2 is 2.50 bits per heavy atom. The summed E-state index contributed by atoms with van der Waals surface area (Å²) in [4.78, 5) is 3.36. The van der Waals surface area contributed by atoms with Crippen molar-refractivity contribution in [2.75, 3.05) is 0 Å². The van der Waals surface area contributed by atoms with E-state index < -0.39 is 0 Å². The molecule has 3 nitrogen and oxygen atoms in total. The van der Waals surface area contributed by atoms with Gasteiger partial charge < -0.3 is 5.73 Å². The van der Waals surface area contributed by atoms with Gasteiger partial charge in [-0.15, -0.1) is 0 Å². The van der Waals surface area contributed by atoms with Gasteiger partial charge in [-0.3, -0.25) is 5.41 Å². The fraction of sp³-hybridized carbons (Fsp3) is 0.333. The minimum absolute atomic E-state index is 0.234. The second-order valence-electron chi connectivity index (χ2n) is 0.864. The van der Waals surface area contributed by atoms with E-state index in [1.165, 1.54) is 0 Å². The Morgan fingerprint density at radius 1 is 2.00 bits per heavy atom. The molecule has 0 spiro atoms. The van der Waals surface area contributed by atoms with Gasteiger partial charge in [0.15, 0.2) is 0 Å². The highest BCUT2D eigenvalue weighted by Crippen LogP contribution is 1.62. The number of nitrogens with one attached hydrogen (secondary N) is 1. The smallest absolute Gasteiger partial charge is 0.119 e. The largest absolute Gasteiger partial charge is 0.390 e. The highest BCUT2D eigenvalue weighted by molar-refractivity contribution is 5.83. The highest BCUT2D eigenvalue weighted by Gasteiger charge is 1.67. The molecule has 0 aromatic rings. The summed E-state index contributed by atoms with van der Waals surface area (Å²) in [6.07, 6.45) is 1.10. The van der Waals surface area contributed by atoms with Crippen molar-refractivity contribution < 1.29 is 0 Å². The van der Waals surface area contributed by atoms with E-state index in [0.29, 0.717) is 0 Å². The van der Waals surface area contributed by atoms with E-state index in [1.54, 1.807) is 6.92 Å². The van der Waals surface area contributed by atoms with Gasteiger partial charge in [-0.05, 0) is 6.92 Å². The molecule has 0 aliphatic rings. The maximum Gasteiger partial charge on any atom is 0.119 e. The summed E-state index contributed by atoms with van der Waals surface area (Å²) < 4.78 is 0. The first-order valence-electron chi connectivity index (χ1n) is 1.57. The van der Waals surface area contributed by atoms with E-state index in [0.717, 1.165) is 6.34 Å². The topological polar surface area (TPSA) is 62.2 Å². The van der Waals surface area contributed by atoms with Gasteiger partial charge in [0.1, 0.15) is 5.84 Å². The third-order valence-electron chi connectivity index (χ3n) is 0.268. The summed E-state index contributed by atoms with van der Waals surface area (Å²) in [5, 5.41) is 6.62. The molecule has 0 rings (SSSR count). The molecule has 0 saturated heterocycles. The van der Waals surface area contributed by atoms with E-state index in [4.69, 9.17) is 11.1 Å². The van der Waals surface area contributed by atoms with Crippen molar-refractivity contribution in [3.63, 3.8) is 0 Å². The van der Waals surface area contributed by atoms with E-state index in [2.05, 4.69) is 4.99 Å². The molecule has 0 aliphatic carbocycles. The molecule has 6 heavy (non-hydrogen) atoms. The van der Waals surface area contributed by atoms with Crippen LogP contribution in [0, 0.1) is 5.41 Å². The van der Waals surface area contributed by atoms with E-state index in [9.17, 15) is 0 Å². The Kier molecular flexibility index (Phi) is 2.04. The van der Waals surface area contributed by atoms with E-state index in [-0.39, 0.29) is 5.84 Å². The van der Waals surface area contributed by atoms with Crippen molar-refractivity contribution in [2.24, 2.45) is 10.7 Å². The van der Waals surface area contributed by atoms with Gasteiger partial charge in [-0.2, -0.15) is 0 Å². The molecule has 34 valence electrons. The lowest BCUT2D eigenvalue weighted by atomic mass is 10.7. The van der Waals surface area contributed by atoms with Crippen LogP contribution in [0.5, 0.6) is 0 Å². The molecule has 3 N–H and O–H groups in total. The normalized spacial score (nSPS) is 9.50. The Balaban J connectivity index is 3.30. The molecule has 3 heteroatoms. The first-order valence-corrected chi connectivity index (χ1v) is 1.57. The zero-order chi connectivity index (χ0) is 4.99. The molecule has 0 aromatic carbocycles. The summed E-state index contributed by atoms with van der Waals surface area (Å²) in [5.74, 6) is 0.234. The van der Waals surface area contributed by atoms with Gasteiger partial charge in [-0.25, -0.2) is 4.99 Å². The molecular formula is C3H7N3. The average Bonchev–Trinajstić information content (AvgIpc) is 1.35. The monoisotopic (exact) mass is 85.1 g/mol. The first-order chi connectivity index (χ1) is 2.77. The molecule has 0 heterocycles. The van der Waals surface area contributed by atoms with Crippen LogP contribution in [0.25, 0.3) is 0 Å². The quantitative estimate of drug-likeness (QED) is 0.315. The number of nitrogens with two attached hydrogens (primary N) is 1.